The quantitative estimate of drug-likeness (QED) is 0.800. The van der Waals surface area contributed by atoms with Crippen LogP contribution in [0.25, 0.3) is 0 Å². The molecule has 0 spiro atoms. The fourth-order valence-electron chi connectivity index (χ4n) is 3.25. The first kappa shape index (κ1) is 13.5. The van der Waals surface area contributed by atoms with Crippen LogP contribution < -0.4 is 5.32 Å². The maximum absolute atomic E-state index is 10.2. The molecule has 1 aliphatic carbocycles. The molecule has 20 heavy (non-hydrogen) atoms. The van der Waals surface area contributed by atoms with Crippen molar-refractivity contribution >= 4 is 21.6 Å². The van der Waals surface area contributed by atoms with Crippen molar-refractivity contribution in [1.82, 2.24) is 0 Å². The zero-order chi connectivity index (χ0) is 14.3. The number of benzene rings is 2. The van der Waals surface area contributed by atoms with Crippen molar-refractivity contribution in [1.29, 1.82) is 0 Å². The van der Waals surface area contributed by atoms with Gasteiger partial charge in [-0.3, -0.25) is 0 Å². The highest BCUT2D eigenvalue weighted by Crippen LogP contribution is 2.47. The largest absolute Gasteiger partial charge is 0.508 e. The lowest BCUT2D eigenvalue weighted by Crippen LogP contribution is -2.07. The van der Waals surface area contributed by atoms with Crippen molar-refractivity contribution in [2.24, 2.45) is 0 Å². The summed E-state index contributed by atoms with van der Waals surface area (Å²) in [5.74, 6) is 0.879. The molecule has 2 atom stereocenters. The van der Waals surface area contributed by atoms with Crippen LogP contribution in [-0.4, -0.2) is 5.11 Å². The molecule has 2 nitrogen and oxygen atoms in total. The van der Waals surface area contributed by atoms with Crippen molar-refractivity contribution < 1.29 is 5.11 Å². The molecule has 0 bridgehead atoms. The minimum Gasteiger partial charge on any atom is -0.508 e. The fraction of sp³-hybridized carbons (Fsp3) is 0.294. The van der Waals surface area contributed by atoms with Crippen LogP contribution in [0.2, 0.25) is 0 Å². The molecule has 0 heterocycles. The number of phenolic OH excluding ortho intramolecular Hbond substituents is 1. The number of aromatic hydroxyl groups is 1. The van der Waals surface area contributed by atoms with E-state index in [-0.39, 0.29) is 6.04 Å². The summed E-state index contributed by atoms with van der Waals surface area (Å²) in [6, 6.07) is 12.1. The van der Waals surface area contributed by atoms with Gasteiger partial charge in [0.15, 0.2) is 0 Å². The second-order valence-electron chi connectivity index (χ2n) is 5.57. The fourth-order valence-corrected chi connectivity index (χ4v) is 3.65. The lowest BCUT2D eigenvalue weighted by molar-refractivity contribution is 0.465. The summed E-state index contributed by atoms with van der Waals surface area (Å²) < 4.78 is 1.06. The molecule has 3 rings (SSSR count). The van der Waals surface area contributed by atoms with Gasteiger partial charge in [-0.1, -0.05) is 35.0 Å². The summed E-state index contributed by atoms with van der Waals surface area (Å²) in [5, 5.41) is 13.8. The summed E-state index contributed by atoms with van der Waals surface area (Å²) in [6.45, 7) is 4.35. The molecule has 0 saturated heterocycles. The number of hydrogen-bond acceptors (Lipinski definition) is 2. The molecule has 0 aliphatic heterocycles. The molecule has 2 N–H and O–H groups in total. The maximum atomic E-state index is 10.2. The molecule has 0 aromatic heterocycles. The molecule has 1 aliphatic rings. The van der Waals surface area contributed by atoms with Gasteiger partial charge in [-0.2, -0.15) is 0 Å². The van der Waals surface area contributed by atoms with Crippen LogP contribution in [0.4, 0.5) is 5.69 Å². The molecule has 0 saturated carbocycles. The molecule has 2 unspecified atom stereocenters. The lowest BCUT2D eigenvalue weighted by Gasteiger charge is -2.17. The van der Waals surface area contributed by atoms with Gasteiger partial charge in [-0.05, 0) is 54.7 Å². The van der Waals surface area contributed by atoms with Gasteiger partial charge in [-0.15, -0.1) is 0 Å². The Morgan fingerprint density at radius 2 is 2.00 bits per heavy atom. The third-order valence-electron chi connectivity index (χ3n) is 4.08. The van der Waals surface area contributed by atoms with E-state index in [0.29, 0.717) is 11.7 Å². The number of anilines is 1. The second kappa shape index (κ2) is 5.13. The first-order valence-electron chi connectivity index (χ1n) is 6.90. The van der Waals surface area contributed by atoms with E-state index in [0.717, 1.165) is 22.1 Å². The third-order valence-corrected chi connectivity index (χ3v) is 4.57. The SMILES string of the molecule is Cc1ccc(O)c2c1C(C)CC2Nc1cccc(Br)c1. The van der Waals surface area contributed by atoms with Gasteiger partial charge in [-0.25, -0.2) is 0 Å². The van der Waals surface area contributed by atoms with Gasteiger partial charge >= 0.3 is 0 Å². The predicted octanol–water partition coefficient (Wildman–Crippen LogP) is 5.12. The topological polar surface area (TPSA) is 32.3 Å². The Morgan fingerprint density at radius 3 is 2.75 bits per heavy atom. The minimum absolute atomic E-state index is 0.175. The number of aryl methyl sites for hydroxylation is 1. The Kier molecular flexibility index (Phi) is 3.47. The van der Waals surface area contributed by atoms with Gasteiger partial charge < -0.3 is 10.4 Å². The normalized spacial score (nSPS) is 20.8. The number of halogens is 1. The van der Waals surface area contributed by atoms with Crippen LogP contribution in [0, 0.1) is 6.92 Å². The average molecular weight is 332 g/mol. The van der Waals surface area contributed by atoms with Crippen molar-refractivity contribution in [2.75, 3.05) is 5.32 Å². The van der Waals surface area contributed by atoms with E-state index in [1.807, 2.05) is 24.3 Å². The number of rotatable bonds is 2. The van der Waals surface area contributed by atoms with E-state index < -0.39 is 0 Å². The van der Waals surface area contributed by atoms with E-state index in [4.69, 9.17) is 0 Å². The Balaban J connectivity index is 1.97. The van der Waals surface area contributed by atoms with Crippen LogP contribution >= 0.6 is 15.9 Å². The molecular weight excluding hydrogens is 314 g/mol. The van der Waals surface area contributed by atoms with E-state index >= 15 is 0 Å². The summed E-state index contributed by atoms with van der Waals surface area (Å²) in [5.41, 5.74) is 4.71. The smallest absolute Gasteiger partial charge is 0.121 e. The number of phenols is 1. The highest BCUT2D eigenvalue weighted by molar-refractivity contribution is 9.10. The molecule has 0 radical (unpaired) electrons. The van der Waals surface area contributed by atoms with Crippen LogP contribution in [0.15, 0.2) is 40.9 Å². The monoisotopic (exact) mass is 331 g/mol. The Hall–Kier alpha value is -1.48. The molecule has 0 amide bonds. The van der Waals surface area contributed by atoms with Crippen molar-refractivity contribution in [3.05, 3.63) is 57.6 Å². The first-order valence-corrected chi connectivity index (χ1v) is 7.70. The molecule has 0 fully saturated rings. The zero-order valence-electron chi connectivity index (χ0n) is 11.7. The molecular formula is C17H18BrNO. The zero-order valence-corrected chi connectivity index (χ0v) is 13.2. The van der Waals surface area contributed by atoms with E-state index in [1.165, 1.54) is 11.1 Å². The van der Waals surface area contributed by atoms with Gasteiger partial charge in [0.1, 0.15) is 5.75 Å². The van der Waals surface area contributed by atoms with E-state index in [2.05, 4.69) is 47.2 Å². The Bertz CT molecular complexity index is 653. The summed E-state index contributed by atoms with van der Waals surface area (Å²) in [7, 11) is 0. The third kappa shape index (κ3) is 2.31. The Morgan fingerprint density at radius 1 is 1.20 bits per heavy atom. The van der Waals surface area contributed by atoms with Gasteiger partial charge in [0.05, 0.1) is 6.04 Å². The predicted molar refractivity (Wildman–Crippen MR) is 86.4 cm³/mol. The van der Waals surface area contributed by atoms with Gasteiger partial charge in [0.2, 0.25) is 0 Å². The number of nitrogens with one attached hydrogen (secondary N) is 1. The first-order chi connectivity index (χ1) is 9.56. The molecule has 2 aromatic rings. The van der Waals surface area contributed by atoms with Crippen molar-refractivity contribution in [2.45, 2.75) is 32.2 Å². The van der Waals surface area contributed by atoms with Crippen molar-refractivity contribution in [3.63, 3.8) is 0 Å². The second-order valence-corrected chi connectivity index (χ2v) is 6.49. The summed E-state index contributed by atoms with van der Waals surface area (Å²) in [6.07, 6.45) is 1.01. The highest BCUT2D eigenvalue weighted by Gasteiger charge is 2.32. The molecule has 104 valence electrons. The standard InChI is InChI=1S/C17H18BrNO/c1-10-6-7-15(20)17-14(8-11(2)16(10)17)19-13-5-3-4-12(18)9-13/h3-7,9,11,14,19-20H,8H2,1-2H3. The van der Waals surface area contributed by atoms with Gasteiger partial charge in [0.25, 0.3) is 0 Å². The highest BCUT2D eigenvalue weighted by atomic mass is 79.9. The van der Waals surface area contributed by atoms with Gasteiger partial charge in [0, 0.05) is 15.7 Å². The lowest BCUT2D eigenvalue weighted by atomic mass is 9.97. The summed E-state index contributed by atoms with van der Waals surface area (Å²) in [4.78, 5) is 0. The maximum Gasteiger partial charge on any atom is 0.121 e. The van der Waals surface area contributed by atoms with Crippen LogP contribution in [0.1, 0.15) is 42.0 Å². The van der Waals surface area contributed by atoms with Crippen molar-refractivity contribution in [3.8, 4) is 5.75 Å². The van der Waals surface area contributed by atoms with E-state index in [9.17, 15) is 5.11 Å². The Labute approximate surface area is 128 Å². The van der Waals surface area contributed by atoms with Crippen LogP contribution in [0.5, 0.6) is 5.75 Å². The van der Waals surface area contributed by atoms with Crippen LogP contribution in [0.3, 0.4) is 0 Å². The molecule has 2 aromatic carbocycles. The summed E-state index contributed by atoms with van der Waals surface area (Å²) >= 11 is 3.49. The minimum atomic E-state index is 0.175. The number of fused-ring (bicyclic) bond motifs is 1. The van der Waals surface area contributed by atoms with Crippen LogP contribution in [-0.2, 0) is 0 Å². The number of hydrogen-bond donors (Lipinski definition) is 2. The average Bonchev–Trinajstić information content (AvgIpc) is 2.72. The molecule has 3 heteroatoms. The van der Waals surface area contributed by atoms with E-state index in [1.54, 1.807) is 0 Å².